The number of para-hydroxylation sites is 1. The van der Waals surface area contributed by atoms with E-state index in [-0.39, 0.29) is 18.1 Å². The van der Waals surface area contributed by atoms with Gasteiger partial charge in [0.2, 0.25) is 0 Å². The second-order valence-corrected chi connectivity index (χ2v) is 12.0. The lowest BCUT2D eigenvalue weighted by atomic mass is 9.96. The Morgan fingerprint density at radius 1 is 0.933 bits per heavy atom. The van der Waals surface area contributed by atoms with Crippen molar-refractivity contribution >= 4 is 44.6 Å². The van der Waals surface area contributed by atoms with Gasteiger partial charge in [0.25, 0.3) is 5.56 Å². The first kappa shape index (κ1) is 32.3. The number of fused-ring (bicyclic) bond motifs is 1. The van der Waals surface area contributed by atoms with Crippen molar-refractivity contribution in [2.75, 3.05) is 13.2 Å². The van der Waals surface area contributed by atoms with Gasteiger partial charge in [-0.25, -0.2) is 4.98 Å². The maximum Gasteiger partial charge on any atom is 0.282 e. The summed E-state index contributed by atoms with van der Waals surface area (Å²) in [6.45, 7) is 11.4. The molecule has 0 N–H and O–H groups in total. The Kier molecular flexibility index (Phi) is 10.3. The summed E-state index contributed by atoms with van der Waals surface area (Å²) >= 11 is 9.99. The van der Waals surface area contributed by atoms with E-state index in [9.17, 15) is 4.79 Å². The molecule has 0 aliphatic rings. The van der Waals surface area contributed by atoms with Gasteiger partial charge in [-0.05, 0) is 96.2 Å². The molecule has 7 nitrogen and oxygen atoms in total. The number of benzene rings is 4. The smallest absolute Gasteiger partial charge is 0.282 e. The average molecular weight is 689 g/mol. The standard InChI is InChI=1S/C36H35BrClN3O4/c1-6-43-32-16-23(5)28(18-27(32)22(3)4)35-40-31-15-11-9-13-26(31)36(42)41(35)39-20-25-17-33(44-7-2)34(19-29(25)37)45-21-24-12-8-10-14-30(24)38/h8-20,22H,6-7,21H2,1-5H3. The van der Waals surface area contributed by atoms with Gasteiger partial charge in [-0.2, -0.15) is 9.78 Å². The summed E-state index contributed by atoms with van der Waals surface area (Å²) in [5.41, 5.74) is 4.65. The van der Waals surface area contributed by atoms with E-state index < -0.39 is 0 Å². The lowest BCUT2D eigenvalue weighted by molar-refractivity contribution is 0.269. The molecular formula is C36H35BrClN3O4. The lowest BCUT2D eigenvalue weighted by Crippen LogP contribution is -2.21. The summed E-state index contributed by atoms with van der Waals surface area (Å²) in [6, 6.07) is 22.6. The molecule has 0 amide bonds. The number of halogens is 2. The summed E-state index contributed by atoms with van der Waals surface area (Å²) in [5.74, 6) is 2.57. The van der Waals surface area contributed by atoms with Crippen molar-refractivity contribution in [3.8, 4) is 28.6 Å². The second-order valence-electron chi connectivity index (χ2n) is 10.7. The predicted octanol–water partition coefficient (Wildman–Crippen LogP) is 9.17. The highest BCUT2D eigenvalue weighted by Crippen LogP contribution is 2.36. The van der Waals surface area contributed by atoms with Crippen LogP contribution in [0.25, 0.3) is 22.3 Å². The van der Waals surface area contributed by atoms with Crippen LogP contribution in [-0.2, 0) is 6.61 Å². The zero-order valence-electron chi connectivity index (χ0n) is 25.9. The summed E-state index contributed by atoms with van der Waals surface area (Å²) in [4.78, 5) is 18.9. The first-order valence-corrected chi connectivity index (χ1v) is 16.0. The van der Waals surface area contributed by atoms with Crippen LogP contribution in [0.3, 0.4) is 0 Å². The molecule has 0 fully saturated rings. The molecule has 0 bridgehead atoms. The predicted molar refractivity (Wildman–Crippen MR) is 186 cm³/mol. The van der Waals surface area contributed by atoms with E-state index >= 15 is 0 Å². The maximum atomic E-state index is 13.9. The number of nitrogens with zero attached hydrogens (tertiary/aromatic N) is 3. The van der Waals surface area contributed by atoms with Crippen LogP contribution in [0.5, 0.6) is 17.2 Å². The van der Waals surface area contributed by atoms with Crippen LogP contribution in [-0.4, -0.2) is 29.1 Å². The SMILES string of the molecule is CCOc1cc(C=Nn2c(-c3cc(C(C)C)c(OCC)cc3C)nc3ccccc3c2=O)c(Br)cc1OCc1ccccc1Cl. The normalized spacial score (nSPS) is 11.5. The van der Waals surface area contributed by atoms with Crippen LogP contribution in [0.15, 0.2) is 87.2 Å². The molecule has 0 unspecified atom stereocenters. The number of aryl methyl sites for hydroxylation is 1. The van der Waals surface area contributed by atoms with Crippen molar-refractivity contribution in [3.63, 3.8) is 0 Å². The van der Waals surface area contributed by atoms with Gasteiger partial charge in [-0.3, -0.25) is 4.79 Å². The van der Waals surface area contributed by atoms with Crippen LogP contribution >= 0.6 is 27.5 Å². The van der Waals surface area contributed by atoms with E-state index in [1.807, 2.05) is 81.4 Å². The largest absolute Gasteiger partial charge is 0.494 e. The molecule has 0 aliphatic heterocycles. The Morgan fingerprint density at radius 2 is 1.62 bits per heavy atom. The zero-order chi connectivity index (χ0) is 32.1. The minimum Gasteiger partial charge on any atom is -0.494 e. The van der Waals surface area contributed by atoms with Crippen LogP contribution in [0.1, 0.15) is 55.9 Å². The summed E-state index contributed by atoms with van der Waals surface area (Å²) in [5, 5.41) is 5.82. The molecule has 0 aliphatic carbocycles. The van der Waals surface area contributed by atoms with E-state index in [0.717, 1.165) is 28.0 Å². The molecular weight excluding hydrogens is 654 g/mol. The fraction of sp³-hybridized carbons (Fsp3) is 0.250. The third-order valence-electron chi connectivity index (χ3n) is 7.29. The van der Waals surface area contributed by atoms with E-state index in [4.69, 9.17) is 35.9 Å². The third-order valence-corrected chi connectivity index (χ3v) is 8.35. The van der Waals surface area contributed by atoms with Gasteiger partial charge in [0, 0.05) is 26.2 Å². The highest BCUT2D eigenvalue weighted by molar-refractivity contribution is 9.10. The lowest BCUT2D eigenvalue weighted by Gasteiger charge is -2.18. The molecule has 1 aromatic heterocycles. The van der Waals surface area contributed by atoms with Crippen molar-refractivity contribution < 1.29 is 14.2 Å². The van der Waals surface area contributed by atoms with E-state index in [1.165, 1.54) is 4.68 Å². The van der Waals surface area contributed by atoms with Gasteiger partial charge in [-0.15, -0.1) is 0 Å². The van der Waals surface area contributed by atoms with Gasteiger partial charge >= 0.3 is 0 Å². The van der Waals surface area contributed by atoms with Crippen LogP contribution in [0.4, 0.5) is 0 Å². The number of rotatable bonds is 11. The molecule has 0 spiro atoms. The molecule has 4 aromatic carbocycles. The minimum absolute atomic E-state index is 0.196. The summed E-state index contributed by atoms with van der Waals surface area (Å²) in [6.07, 6.45) is 1.62. The first-order valence-electron chi connectivity index (χ1n) is 14.9. The van der Waals surface area contributed by atoms with Crippen LogP contribution in [0.2, 0.25) is 5.02 Å². The molecule has 45 heavy (non-hydrogen) atoms. The molecule has 1 heterocycles. The first-order chi connectivity index (χ1) is 21.7. The van der Waals surface area contributed by atoms with E-state index in [1.54, 1.807) is 12.3 Å². The molecule has 5 aromatic rings. The Hall–Kier alpha value is -4.14. The quantitative estimate of drug-likeness (QED) is 0.129. The molecule has 0 saturated carbocycles. The van der Waals surface area contributed by atoms with Crippen LogP contribution in [0, 0.1) is 6.92 Å². The van der Waals surface area contributed by atoms with Gasteiger partial charge in [0.1, 0.15) is 12.4 Å². The monoisotopic (exact) mass is 687 g/mol. The van der Waals surface area contributed by atoms with Crippen molar-refractivity contribution in [3.05, 3.63) is 115 Å². The minimum atomic E-state index is -0.271. The topological polar surface area (TPSA) is 74.9 Å². The Labute approximate surface area is 276 Å². The Morgan fingerprint density at radius 3 is 2.36 bits per heavy atom. The van der Waals surface area contributed by atoms with Gasteiger partial charge < -0.3 is 14.2 Å². The van der Waals surface area contributed by atoms with Gasteiger partial charge in [0.05, 0.1) is 30.3 Å². The molecule has 9 heteroatoms. The summed E-state index contributed by atoms with van der Waals surface area (Å²) in [7, 11) is 0. The van der Waals surface area contributed by atoms with Crippen LogP contribution < -0.4 is 19.8 Å². The number of aromatic nitrogens is 2. The average Bonchev–Trinajstić information content (AvgIpc) is 3.02. The number of hydrogen-bond donors (Lipinski definition) is 0. The fourth-order valence-corrected chi connectivity index (χ4v) is 5.61. The van der Waals surface area contributed by atoms with Gasteiger partial charge in [-0.1, -0.05) is 55.8 Å². The highest BCUT2D eigenvalue weighted by atomic mass is 79.9. The number of hydrogen-bond acceptors (Lipinski definition) is 6. The van der Waals surface area contributed by atoms with Crippen molar-refractivity contribution in [2.24, 2.45) is 5.10 Å². The van der Waals surface area contributed by atoms with Crippen molar-refractivity contribution in [1.82, 2.24) is 9.66 Å². The number of ether oxygens (including phenoxy) is 3. The zero-order valence-corrected chi connectivity index (χ0v) is 28.3. The molecule has 0 atom stereocenters. The van der Waals surface area contributed by atoms with Gasteiger partial charge in [0.15, 0.2) is 17.3 Å². The molecule has 232 valence electrons. The summed E-state index contributed by atoms with van der Waals surface area (Å²) < 4.78 is 20.1. The van der Waals surface area contributed by atoms with Crippen molar-refractivity contribution in [1.29, 1.82) is 0 Å². The van der Waals surface area contributed by atoms with E-state index in [2.05, 4.69) is 35.8 Å². The maximum absolute atomic E-state index is 13.9. The fourth-order valence-electron chi connectivity index (χ4n) is 5.00. The molecule has 5 rings (SSSR count). The Bertz CT molecular complexity index is 1940. The van der Waals surface area contributed by atoms with Crippen molar-refractivity contribution in [2.45, 2.75) is 47.1 Å². The Balaban J connectivity index is 1.61. The van der Waals surface area contributed by atoms with E-state index in [0.29, 0.717) is 56.5 Å². The second kappa shape index (κ2) is 14.3. The highest BCUT2D eigenvalue weighted by Gasteiger charge is 2.19. The molecule has 0 radical (unpaired) electrons. The third kappa shape index (κ3) is 7.08. The molecule has 0 saturated heterocycles.